The second kappa shape index (κ2) is 4.11. The van der Waals surface area contributed by atoms with E-state index in [4.69, 9.17) is 4.74 Å². The minimum Gasteiger partial charge on any atom is -0.496 e. The molecule has 0 spiro atoms. The molecule has 0 unspecified atom stereocenters. The van der Waals surface area contributed by atoms with E-state index in [-0.39, 0.29) is 0 Å². The summed E-state index contributed by atoms with van der Waals surface area (Å²) in [6, 6.07) is 15.2. The number of allylic oxidation sites excluding steroid dienone is 2. The Hall–Kier alpha value is -2.28. The van der Waals surface area contributed by atoms with Crippen LogP contribution < -0.4 is 4.74 Å². The van der Waals surface area contributed by atoms with Crippen LogP contribution in [0.25, 0.3) is 27.1 Å². The van der Waals surface area contributed by atoms with Crippen molar-refractivity contribution in [1.29, 1.82) is 0 Å². The highest BCUT2D eigenvalue weighted by Crippen LogP contribution is 2.41. The van der Waals surface area contributed by atoms with Crippen LogP contribution in [0.4, 0.5) is 0 Å². The van der Waals surface area contributed by atoms with Gasteiger partial charge in [0.05, 0.1) is 7.11 Å². The smallest absolute Gasteiger partial charge is 0.127 e. The molecule has 3 aromatic carbocycles. The molecule has 0 aromatic heterocycles. The zero-order valence-corrected chi connectivity index (χ0v) is 11.7. The first-order valence-electron chi connectivity index (χ1n) is 6.98. The molecule has 1 nitrogen and oxygen atoms in total. The quantitative estimate of drug-likeness (QED) is 0.562. The molecule has 0 saturated carbocycles. The van der Waals surface area contributed by atoms with Crippen molar-refractivity contribution in [2.24, 2.45) is 0 Å². The van der Waals surface area contributed by atoms with Gasteiger partial charge in [-0.1, -0.05) is 42.5 Å². The van der Waals surface area contributed by atoms with Crippen molar-refractivity contribution in [2.75, 3.05) is 7.11 Å². The molecule has 0 atom stereocenters. The topological polar surface area (TPSA) is 9.23 Å². The van der Waals surface area contributed by atoms with E-state index in [0.29, 0.717) is 0 Å². The van der Waals surface area contributed by atoms with E-state index in [1.165, 1.54) is 38.2 Å². The maximum Gasteiger partial charge on any atom is 0.127 e. The van der Waals surface area contributed by atoms with Crippen LogP contribution in [0.1, 0.15) is 18.1 Å². The van der Waals surface area contributed by atoms with Gasteiger partial charge in [-0.25, -0.2) is 0 Å². The molecule has 1 heteroatoms. The van der Waals surface area contributed by atoms with Gasteiger partial charge in [-0.15, -0.1) is 0 Å². The molecule has 1 aliphatic rings. The predicted octanol–water partition coefficient (Wildman–Crippen LogP) is 4.96. The molecule has 0 aliphatic heterocycles. The number of fused-ring (bicyclic) bond motifs is 5. The van der Waals surface area contributed by atoms with Gasteiger partial charge in [-0.3, -0.25) is 0 Å². The molecule has 0 heterocycles. The molecular weight excluding hydrogens is 244 g/mol. The summed E-state index contributed by atoms with van der Waals surface area (Å²) < 4.78 is 5.68. The van der Waals surface area contributed by atoms with Crippen LogP contribution in [0.5, 0.6) is 5.75 Å². The minimum absolute atomic E-state index is 0.977. The second-order valence-corrected chi connectivity index (χ2v) is 5.41. The van der Waals surface area contributed by atoms with Crippen molar-refractivity contribution in [2.45, 2.75) is 13.3 Å². The van der Waals surface area contributed by atoms with Gasteiger partial charge in [0, 0.05) is 5.39 Å². The number of rotatable bonds is 1. The lowest BCUT2D eigenvalue weighted by Gasteiger charge is -2.14. The summed E-state index contributed by atoms with van der Waals surface area (Å²) in [7, 11) is 1.76. The minimum atomic E-state index is 0.977. The average molecular weight is 260 g/mol. The van der Waals surface area contributed by atoms with Crippen molar-refractivity contribution >= 4 is 27.1 Å². The molecule has 3 aromatic rings. The van der Waals surface area contributed by atoms with Crippen molar-refractivity contribution in [3.05, 3.63) is 59.7 Å². The number of methoxy groups -OCH3 is 1. The highest BCUT2D eigenvalue weighted by Gasteiger charge is 2.18. The van der Waals surface area contributed by atoms with Gasteiger partial charge < -0.3 is 4.74 Å². The lowest BCUT2D eigenvalue weighted by Crippen LogP contribution is -1.93. The molecule has 4 rings (SSSR count). The molecule has 0 amide bonds. The maximum absolute atomic E-state index is 5.68. The van der Waals surface area contributed by atoms with E-state index >= 15 is 0 Å². The summed E-state index contributed by atoms with van der Waals surface area (Å²) in [5.74, 6) is 0.977. The van der Waals surface area contributed by atoms with E-state index < -0.39 is 0 Å². The van der Waals surface area contributed by atoms with Crippen LogP contribution in [0.2, 0.25) is 0 Å². The van der Waals surface area contributed by atoms with E-state index in [0.717, 1.165) is 12.2 Å². The molecular formula is C19H16O. The number of ether oxygens (including phenoxy) is 1. The zero-order chi connectivity index (χ0) is 13.7. The first kappa shape index (κ1) is 11.5. The molecule has 0 saturated heterocycles. The predicted molar refractivity (Wildman–Crippen MR) is 85.4 cm³/mol. The Kier molecular flexibility index (Phi) is 2.37. The number of benzene rings is 3. The standard InChI is InChI=1S/C19H16O/c1-12-7-9-15-16-10-8-13-5-3-4-6-14(13)19(16)18(20-2)11-17(12)15/h3-8,10-11H,9H2,1-2H3. The van der Waals surface area contributed by atoms with Crippen LogP contribution in [0.3, 0.4) is 0 Å². The third-order valence-electron chi connectivity index (χ3n) is 4.36. The largest absolute Gasteiger partial charge is 0.496 e. The van der Waals surface area contributed by atoms with Gasteiger partial charge in [-0.2, -0.15) is 0 Å². The fourth-order valence-electron chi connectivity index (χ4n) is 3.32. The summed E-state index contributed by atoms with van der Waals surface area (Å²) in [4.78, 5) is 0. The lowest BCUT2D eigenvalue weighted by molar-refractivity contribution is 0.420. The summed E-state index contributed by atoms with van der Waals surface area (Å²) >= 11 is 0. The maximum atomic E-state index is 5.68. The molecule has 0 N–H and O–H groups in total. The summed E-state index contributed by atoms with van der Waals surface area (Å²) in [5, 5.41) is 5.11. The van der Waals surface area contributed by atoms with Gasteiger partial charge in [0.2, 0.25) is 0 Å². The molecule has 0 bridgehead atoms. The fourth-order valence-corrected chi connectivity index (χ4v) is 3.32. The summed E-state index contributed by atoms with van der Waals surface area (Å²) in [5.41, 5.74) is 4.13. The number of hydrogen-bond donors (Lipinski definition) is 0. The first-order valence-corrected chi connectivity index (χ1v) is 6.98. The van der Waals surface area contributed by atoms with Gasteiger partial charge in [0.15, 0.2) is 0 Å². The zero-order valence-electron chi connectivity index (χ0n) is 11.7. The highest BCUT2D eigenvalue weighted by atomic mass is 16.5. The van der Waals surface area contributed by atoms with Crippen molar-refractivity contribution in [3.63, 3.8) is 0 Å². The molecule has 20 heavy (non-hydrogen) atoms. The van der Waals surface area contributed by atoms with Crippen molar-refractivity contribution in [1.82, 2.24) is 0 Å². The van der Waals surface area contributed by atoms with Crippen LogP contribution in [0.15, 0.2) is 48.5 Å². The van der Waals surface area contributed by atoms with Gasteiger partial charge in [-0.05, 0) is 52.3 Å². The van der Waals surface area contributed by atoms with Gasteiger partial charge in [0.1, 0.15) is 5.75 Å². The molecule has 0 fully saturated rings. The van der Waals surface area contributed by atoms with Crippen molar-refractivity contribution in [3.8, 4) is 5.75 Å². The first-order chi connectivity index (χ1) is 9.79. The van der Waals surface area contributed by atoms with Crippen LogP contribution >= 0.6 is 0 Å². The Morgan fingerprint density at radius 2 is 1.85 bits per heavy atom. The molecule has 1 aliphatic carbocycles. The number of hydrogen-bond acceptors (Lipinski definition) is 1. The van der Waals surface area contributed by atoms with E-state index in [1.54, 1.807) is 7.11 Å². The van der Waals surface area contributed by atoms with Gasteiger partial charge in [0.25, 0.3) is 0 Å². The SMILES string of the molecule is COc1cc2c(c3ccc4ccccc4c13)CC=C2C. The Labute approximate surface area is 118 Å². The third kappa shape index (κ3) is 1.44. The van der Waals surface area contributed by atoms with E-state index in [9.17, 15) is 0 Å². The van der Waals surface area contributed by atoms with Crippen LogP contribution in [0, 0.1) is 0 Å². The average Bonchev–Trinajstić information content (AvgIpc) is 2.87. The second-order valence-electron chi connectivity index (χ2n) is 5.41. The monoisotopic (exact) mass is 260 g/mol. The van der Waals surface area contributed by atoms with E-state index in [2.05, 4.69) is 55.5 Å². The van der Waals surface area contributed by atoms with Crippen LogP contribution in [-0.2, 0) is 6.42 Å². The fraction of sp³-hybridized carbons (Fsp3) is 0.158. The normalized spacial score (nSPS) is 13.6. The Bertz CT molecular complexity index is 872. The lowest BCUT2D eigenvalue weighted by atomic mass is 9.94. The van der Waals surface area contributed by atoms with Crippen molar-refractivity contribution < 1.29 is 4.74 Å². The summed E-state index contributed by atoms with van der Waals surface area (Å²) in [6.45, 7) is 2.18. The third-order valence-corrected chi connectivity index (χ3v) is 4.36. The van der Waals surface area contributed by atoms with Gasteiger partial charge >= 0.3 is 0 Å². The Morgan fingerprint density at radius 1 is 1.00 bits per heavy atom. The summed E-state index contributed by atoms with van der Waals surface area (Å²) in [6.07, 6.45) is 3.33. The van der Waals surface area contributed by atoms with Crippen LogP contribution in [-0.4, -0.2) is 7.11 Å². The molecule has 98 valence electrons. The Morgan fingerprint density at radius 3 is 2.70 bits per heavy atom. The van der Waals surface area contributed by atoms with E-state index in [1.807, 2.05) is 0 Å². The highest BCUT2D eigenvalue weighted by molar-refractivity contribution is 6.13. The molecule has 0 radical (unpaired) electrons. The Balaban J connectivity index is 2.23.